The molecule has 2 amide bonds. The summed E-state index contributed by atoms with van der Waals surface area (Å²) in [6, 6.07) is 10.6. The summed E-state index contributed by atoms with van der Waals surface area (Å²) in [5, 5.41) is 6.87. The van der Waals surface area contributed by atoms with Gasteiger partial charge in [0.15, 0.2) is 0 Å². The molecule has 0 radical (unpaired) electrons. The second kappa shape index (κ2) is 8.48. The maximum atomic E-state index is 12.5. The van der Waals surface area contributed by atoms with E-state index in [-0.39, 0.29) is 17.5 Å². The zero-order valence-corrected chi connectivity index (χ0v) is 16.9. The van der Waals surface area contributed by atoms with E-state index in [4.69, 9.17) is 4.74 Å². The topological polar surface area (TPSA) is 87.3 Å². The van der Waals surface area contributed by atoms with Crippen LogP contribution in [0.15, 0.2) is 52.0 Å². The second-order valence-corrected chi connectivity index (χ2v) is 7.73. The summed E-state index contributed by atoms with van der Waals surface area (Å²) in [6.07, 6.45) is 1.51. The summed E-state index contributed by atoms with van der Waals surface area (Å²) in [7, 11) is 1.61. The van der Waals surface area contributed by atoms with Gasteiger partial charge in [-0.1, -0.05) is 0 Å². The van der Waals surface area contributed by atoms with Crippen LogP contribution in [0.25, 0.3) is 11.3 Å². The van der Waals surface area contributed by atoms with Crippen LogP contribution in [0.4, 0.5) is 10.5 Å². The number of nitrogens with zero attached hydrogens (tertiary/aromatic N) is 2. The molecule has 1 aliphatic heterocycles. The lowest BCUT2D eigenvalue weighted by Crippen LogP contribution is -2.41. The fourth-order valence-electron chi connectivity index (χ4n) is 3.46. The van der Waals surface area contributed by atoms with Gasteiger partial charge in [-0.05, 0) is 48.6 Å². The summed E-state index contributed by atoms with van der Waals surface area (Å²) in [6.45, 7) is 1.22. The summed E-state index contributed by atoms with van der Waals surface area (Å²) in [4.78, 5) is 34.0. The van der Waals surface area contributed by atoms with Crippen molar-refractivity contribution in [2.75, 3.05) is 25.5 Å². The minimum absolute atomic E-state index is 0.123. The number of anilines is 1. The lowest BCUT2D eigenvalue weighted by atomic mass is 9.96. The number of nitrogens with one attached hydrogen (secondary N) is 2. The number of carbonyl (C=O) groups excluding carboxylic acids is 1. The first-order valence-electron chi connectivity index (χ1n) is 9.46. The number of carbonyl (C=O) groups is 1. The van der Waals surface area contributed by atoms with Gasteiger partial charge in [0.2, 0.25) is 0 Å². The number of aromatic nitrogens is 2. The number of amides is 2. The molecule has 3 heterocycles. The molecule has 0 spiro atoms. The molecule has 8 heteroatoms. The van der Waals surface area contributed by atoms with Crippen molar-refractivity contribution in [3.8, 4) is 17.0 Å². The summed E-state index contributed by atoms with van der Waals surface area (Å²) < 4.78 is 5.13. The molecule has 0 bridgehead atoms. The van der Waals surface area contributed by atoms with E-state index in [1.54, 1.807) is 23.3 Å². The Morgan fingerprint density at radius 3 is 2.66 bits per heavy atom. The highest BCUT2D eigenvalue weighted by atomic mass is 32.1. The number of hydrogen-bond acceptors (Lipinski definition) is 5. The van der Waals surface area contributed by atoms with Gasteiger partial charge in [-0.3, -0.25) is 4.79 Å². The summed E-state index contributed by atoms with van der Waals surface area (Å²) >= 11 is 1.58. The van der Waals surface area contributed by atoms with E-state index in [2.05, 4.69) is 15.3 Å². The van der Waals surface area contributed by atoms with Crippen molar-refractivity contribution in [1.29, 1.82) is 0 Å². The number of benzene rings is 1. The Morgan fingerprint density at radius 1 is 1.24 bits per heavy atom. The molecule has 1 saturated heterocycles. The van der Waals surface area contributed by atoms with Crippen LogP contribution < -0.4 is 15.6 Å². The molecule has 0 aliphatic carbocycles. The van der Waals surface area contributed by atoms with E-state index in [0.717, 1.165) is 29.8 Å². The van der Waals surface area contributed by atoms with Gasteiger partial charge in [-0.2, -0.15) is 11.3 Å². The van der Waals surface area contributed by atoms with Crippen LogP contribution in [0.1, 0.15) is 24.6 Å². The Bertz CT molecular complexity index is 1020. The lowest BCUT2D eigenvalue weighted by Gasteiger charge is -2.31. The molecular weight excluding hydrogens is 388 g/mol. The number of ether oxygens (including phenoxy) is 1. The SMILES string of the molecule is COc1ccc(NC(=O)N2CCC(c3nc(-c4ccsc4)cc(=O)[nH]3)CC2)cc1. The first kappa shape index (κ1) is 19.2. The fourth-order valence-corrected chi connectivity index (χ4v) is 4.11. The number of rotatable bonds is 4. The molecule has 3 aromatic rings. The van der Waals surface area contributed by atoms with Crippen molar-refractivity contribution in [2.45, 2.75) is 18.8 Å². The molecule has 2 aromatic heterocycles. The maximum absolute atomic E-state index is 12.5. The number of likely N-dealkylation sites (tertiary alicyclic amines) is 1. The highest BCUT2D eigenvalue weighted by Crippen LogP contribution is 2.27. The molecule has 0 atom stereocenters. The van der Waals surface area contributed by atoms with E-state index < -0.39 is 0 Å². The predicted octanol–water partition coefficient (Wildman–Crippen LogP) is 3.92. The number of H-pyrrole nitrogens is 1. The number of aromatic amines is 1. The minimum atomic E-state index is -0.143. The Labute approximate surface area is 172 Å². The van der Waals surface area contributed by atoms with Crippen LogP contribution in [0.3, 0.4) is 0 Å². The van der Waals surface area contributed by atoms with Crippen molar-refractivity contribution in [3.05, 3.63) is 63.3 Å². The predicted molar refractivity (Wildman–Crippen MR) is 114 cm³/mol. The van der Waals surface area contributed by atoms with Crippen LogP contribution in [-0.2, 0) is 0 Å². The molecule has 150 valence electrons. The monoisotopic (exact) mass is 410 g/mol. The maximum Gasteiger partial charge on any atom is 0.321 e. The van der Waals surface area contributed by atoms with Crippen molar-refractivity contribution >= 4 is 23.1 Å². The zero-order chi connectivity index (χ0) is 20.2. The minimum Gasteiger partial charge on any atom is -0.497 e. The average Bonchev–Trinajstić information content (AvgIpc) is 3.29. The van der Waals surface area contributed by atoms with Crippen LogP contribution in [0.5, 0.6) is 5.75 Å². The van der Waals surface area contributed by atoms with Crippen LogP contribution in [0.2, 0.25) is 0 Å². The standard InChI is InChI=1S/C21H22N4O3S/c1-28-17-4-2-16(3-5-17)22-21(27)25-9-6-14(7-10-25)20-23-18(12-19(26)24-20)15-8-11-29-13-15/h2-5,8,11-14H,6-7,9-10H2,1H3,(H,22,27)(H,23,24,26). The largest absolute Gasteiger partial charge is 0.497 e. The quantitative estimate of drug-likeness (QED) is 0.682. The van der Waals surface area contributed by atoms with E-state index in [1.165, 1.54) is 6.07 Å². The van der Waals surface area contributed by atoms with Gasteiger partial charge in [0.25, 0.3) is 5.56 Å². The van der Waals surface area contributed by atoms with E-state index in [9.17, 15) is 9.59 Å². The van der Waals surface area contributed by atoms with Gasteiger partial charge in [-0.25, -0.2) is 9.78 Å². The third kappa shape index (κ3) is 4.48. The summed E-state index contributed by atoms with van der Waals surface area (Å²) in [5.74, 6) is 1.58. The van der Waals surface area contributed by atoms with Crippen molar-refractivity contribution in [3.63, 3.8) is 0 Å². The van der Waals surface area contributed by atoms with E-state index in [0.29, 0.717) is 24.6 Å². The third-order valence-electron chi connectivity index (χ3n) is 5.09. The molecule has 0 saturated carbocycles. The molecular formula is C21H22N4O3S. The molecule has 7 nitrogen and oxygen atoms in total. The van der Waals surface area contributed by atoms with Gasteiger partial charge < -0.3 is 19.9 Å². The lowest BCUT2D eigenvalue weighted by molar-refractivity contribution is 0.193. The molecule has 0 unspecified atom stereocenters. The average molecular weight is 410 g/mol. The highest BCUT2D eigenvalue weighted by Gasteiger charge is 2.25. The number of urea groups is 1. The van der Waals surface area contributed by atoms with Crippen molar-refractivity contribution in [1.82, 2.24) is 14.9 Å². The Kier molecular flexibility index (Phi) is 5.62. The molecule has 4 rings (SSSR count). The van der Waals surface area contributed by atoms with E-state index >= 15 is 0 Å². The highest BCUT2D eigenvalue weighted by molar-refractivity contribution is 7.08. The van der Waals surface area contributed by atoms with E-state index in [1.807, 2.05) is 41.1 Å². The van der Waals surface area contributed by atoms with Gasteiger partial charge >= 0.3 is 6.03 Å². The molecule has 1 aromatic carbocycles. The molecule has 29 heavy (non-hydrogen) atoms. The Hall–Kier alpha value is -3.13. The molecule has 1 aliphatic rings. The first-order valence-corrected chi connectivity index (χ1v) is 10.4. The van der Waals surface area contributed by atoms with Crippen LogP contribution in [-0.4, -0.2) is 41.1 Å². The second-order valence-electron chi connectivity index (χ2n) is 6.95. The number of piperidine rings is 1. The van der Waals surface area contributed by atoms with Crippen LogP contribution in [0, 0.1) is 0 Å². The molecule has 2 N–H and O–H groups in total. The smallest absolute Gasteiger partial charge is 0.321 e. The first-order chi connectivity index (χ1) is 14.1. The van der Waals surface area contributed by atoms with Gasteiger partial charge in [0.05, 0.1) is 12.8 Å². The third-order valence-corrected chi connectivity index (χ3v) is 5.77. The van der Waals surface area contributed by atoms with Crippen molar-refractivity contribution < 1.29 is 9.53 Å². The van der Waals surface area contributed by atoms with Gasteiger partial charge in [0, 0.05) is 41.7 Å². The van der Waals surface area contributed by atoms with Gasteiger partial charge in [0.1, 0.15) is 11.6 Å². The zero-order valence-electron chi connectivity index (χ0n) is 16.1. The number of hydrogen-bond donors (Lipinski definition) is 2. The fraction of sp³-hybridized carbons (Fsp3) is 0.286. The molecule has 1 fully saturated rings. The number of thiophene rings is 1. The normalized spacial score (nSPS) is 14.6. The summed E-state index contributed by atoms with van der Waals surface area (Å²) in [5.41, 5.74) is 2.24. The van der Waals surface area contributed by atoms with Gasteiger partial charge in [-0.15, -0.1) is 0 Å². The Morgan fingerprint density at radius 2 is 2.00 bits per heavy atom. The number of methoxy groups -OCH3 is 1. The van der Waals surface area contributed by atoms with Crippen molar-refractivity contribution in [2.24, 2.45) is 0 Å². The van der Waals surface area contributed by atoms with Crippen LogP contribution >= 0.6 is 11.3 Å². The Balaban J connectivity index is 1.39.